The fourth-order valence-electron chi connectivity index (χ4n) is 3.00. The number of carbonyl (C=O) groups excluding carboxylic acids is 1. The Morgan fingerprint density at radius 1 is 0.962 bits per heavy atom. The average molecular weight is 343 g/mol. The van der Waals surface area contributed by atoms with Gasteiger partial charge >= 0.3 is 0 Å². The molecule has 1 saturated carbocycles. The number of nitrogens with zero attached hydrogens (tertiary/aromatic N) is 2. The van der Waals surface area contributed by atoms with E-state index in [1.807, 2.05) is 36.4 Å². The number of benzene rings is 2. The van der Waals surface area contributed by atoms with Crippen LogP contribution < -0.4 is 5.32 Å². The lowest BCUT2D eigenvalue weighted by Gasteiger charge is -2.07. The van der Waals surface area contributed by atoms with Crippen LogP contribution in [-0.4, -0.2) is 15.9 Å². The van der Waals surface area contributed by atoms with Gasteiger partial charge in [0.25, 0.3) is 0 Å². The molecular formula is C22H21N3O. The highest BCUT2D eigenvalue weighted by atomic mass is 16.1. The number of aromatic nitrogens is 2. The molecule has 1 fully saturated rings. The summed E-state index contributed by atoms with van der Waals surface area (Å²) in [5.41, 5.74) is 5.31. The van der Waals surface area contributed by atoms with Gasteiger partial charge in [0.1, 0.15) is 6.33 Å². The molecule has 26 heavy (non-hydrogen) atoms. The van der Waals surface area contributed by atoms with E-state index in [-0.39, 0.29) is 5.91 Å². The molecule has 0 saturated heterocycles. The van der Waals surface area contributed by atoms with Crippen molar-refractivity contribution in [2.24, 2.45) is 0 Å². The Labute approximate surface area is 153 Å². The van der Waals surface area contributed by atoms with Crippen molar-refractivity contribution in [1.82, 2.24) is 15.3 Å². The smallest absolute Gasteiger partial charge is 0.224 e. The number of hydrogen-bond acceptors (Lipinski definition) is 3. The fourth-order valence-corrected chi connectivity index (χ4v) is 3.00. The number of amides is 1. The van der Waals surface area contributed by atoms with Gasteiger partial charge in [0.05, 0.1) is 18.7 Å². The minimum atomic E-state index is 0.00375. The lowest BCUT2D eigenvalue weighted by molar-refractivity contribution is -0.120. The van der Waals surface area contributed by atoms with Crippen LogP contribution in [0.2, 0.25) is 0 Å². The second-order valence-electron chi connectivity index (χ2n) is 6.72. The predicted molar refractivity (Wildman–Crippen MR) is 101 cm³/mol. The predicted octanol–water partition coefficient (Wildman–Crippen LogP) is 3.88. The van der Waals surface area contributed by atoms with Gasteiger partial charge in [-0.3, -0.25) is 4.79 Å². The lowest BCUT2D eigenvalue weighted by Crippen LogP contribution is -2.25. The zero-order chi connectivity index (χ0) is 17.8. The van der Waals surface area contributed by atoms with E-state index in [4.69, 9.17) is 0 Å². The van der Waals surface area contributed by atoms with Crippen LogP contribution in [0, 0.1) is 0 Å². The Bertz CT molecular complexity index is 887. The van der Waals surface area contributed by atoms with Crippen LogP contribution in [0.4, 0.5) is 0 Å². The molecule has 0 spiro atoms. The topological polar surface area (TPSA) is 54.9 Å². The summed E-state index contributed by atoms with van der Waals surface area (Å²) in [4.78, 5) is 20.8. The fraction of sp³-hybridized carbons (Fsp3) is 0.227. The van der Waals surface area contributed by atoms with Gasteiger partial charge in [-0.25, -0.2) is 9.97 Å². The molecule has 2 aromatic carbocycles. The maximum Gasteiger partial charge on any atom is 0.224 e. The monoisotopic (exact) mass is 343 g/mol. The van der Waals surface area contributed by atoms with Crippen molar-refractivity contribution in [2.45, 2.75) is 31.7 Å². The molecular weight excluding hydrogens is 322 g/mol. The van der Waals surface area contributed by atoms with E-state index in [0.29, 0.717) is 18.9 Å². The molecule has 130 valence electrons. The Morgan fingerprint density at radius 2 is 1.69 bits per heavy atom. The molecule has 1 N–H and O–H groups in total. The molecule has 4 heteroatoms. The molecule has 4 nitrogen and oxygen atoms in total. The number of hydrogen-bond donors (Lipinski definition) is 1. The maximum absolute atomic E-state index is 12.2. The minimum Gasteiger partial charge on any atom is -0.350 e. The summed E-state index contributed by atoms with van der Waals surface area (Å²) in [7, 11) is 0. The van der Waals surface area contributed by atoms with Crippen molar-refractivity contribution in [2.75, 3.05) is 0 Å². The Balaban J connectivity index is 1.32. The first kappa shape index (κ1) is 16.5. The third-order valence-corrected chi connectivity index (χ3v) is 4.63. The third kappa shape index (κ3) is 4.14. The Hall–Kier alpha value is -3.01. The maximum atomic E-state index is 12.2. The van der Waals surface area contributed by atoms with E-state index in [1.165, 1.54) is 18.4 Å². The third-order valence-electron chi connectivity index (χ3n) is 4.63. The van der Waals surface area contributed by atoms with Gasteiger partial charge < -0.3 is 5.32 Å². The lowest BCUT2D eigenvalue weighted by atomic mass is 10.0. The number of nitrogens with one attached hydrogen (secondary N) is 1. The highest BCUT2D eigenvalue weighted by Gasteiger charge is 2.25. The summed E-state index contributed by atoms with van der Waals surface area (Å²) >= 11 is 0. The Morgan fingerprint density at radius 3 is 2.42 bits per heavy atom. The summed E-state index contributed by atoms with van der Waals surface area (Å²) < 4.78 is 0. The summed E-state index contributed by atoms with van der Waals surface area (Å²) in [6, 6.07) is 20.4. The molecule has 0 radical (unpaired) electrons. The molecule has 0 unspecified atom stereocenters. The van der Waals surface area contributed by atoms with Crippen molar-refractivity contribution in [1.29, 1.82) is 0 Å². The van der Waals surface area contributed by atoms with Crippen LogP contribution in [0.3, 0.4) is 0 Å². The molecule has 1 aromatic heterocycles. The van der Waals surface area contributed by atoms with Crippen LogP contribution in [-0.2, 0) is 17.8 Å². The van der Waals surface area contributed by atoms with Gasteiger partial charge in [-0.1, -0.05) is 54.6 Å². The largest absolute Gasteiger partial charge is 0.350 e. The zero-order valence-electron chi connectivity index (χ0n) is 14.6. The quantitative estimate of drug-likeness (QED) is 0.739. The van der Waals surface area contributed by atoms with Crippen molar-refractivity contribution in [3.05, 3.63) is 83.9 Å². The van der Waals surface area contributed by atoms with Gasteiger partial charge in [0, 0.05) is 11.6 Å². The Kier molecular flexibility index (Phi) is 4.73. The van der Waals surface area contributed by atoms with Crippen LogP contribution in [0.1, 0.15) is 35.7 Å². The van der Waals surface area contributed by atoms with Crippen LogP contribution in [0.5, 0.6) is 0 Å². The van der Waals surface area contributed by atoms with E-state index in [0.717, 1.165) is 22.5 Å². The second kappa shape index (κ2) is 7.48. The minimum absolute atomic E-state index is 0.00375. The molecule has 0 aliphatic heterocycles. The van der Waals surface area contributed by atoms with Crippen molar-refractivity contribution >= 4 is 5.91 Å². The van der Waals surface area contributed by atoms with Gasteiger partial charge in [-0.05, 0) is 35.6 Å². The summed E-state index contributed by atoms with van der Waals surface area (Å²) in [6.45, 7) is 0.448. The first-order valence-electron chi connectivity index (χ1n) is 9.00. The van der Waals surface area contributed by atoms with Gasteiger partial charge in [0.2, 0.25) is 5.91 Å². The summed E-state index contributed by atoms with van der Waals surface area (Å²) in [6.07, 6.45) is 4.39. The molecule has 1 heterocycles. The van der Waals surface area contributed by atoms with E-state index in [2.05, 4.69) is 39.6 Å². The van der Waals surface area contributed by atoms with Gasteiger partial charge in [-0.2, -0.15) is 0 Å². The first-order valence-corrected chi connectivity index (χ1v) is 9.00. The molecule has 0 atom stereocenters. The van der Waals surface area contributed by atoms with Gasteiger partial charge in [0.15, 0.2) is 0 Å². The highest BCUT2D eigenvalue weighted by Crippen LogP contribution is 2.38. The van der Waals surface area contributed by atoms with Gasteiger partial charge in [-0.15, -0.1) is 0 Å². The molecule has 1 aliphatic carbocycles. The number of carbonyl (C=O) groups is 1. The van der Waals surface area contributed by atoms with E-state index < -0.39 is 0 Å². The zero-order valence-corrected chi connectivity index (χ0v) is 14.6. The van der Waals surface area contributed by atoms with Crippen molar-refractivity contribution in [3.8, 4) is 11.1 Å². The van der Waals surface area contributed by atoms with Crippen molar-refractivity contribution < 1.29 is 4.79 Å². The number of rotatable bonds is 6. The highest BCUT2D eigenvalue weighted by molar-refractivity contribution is 5.78. The van der Waals surface area contributed by atoms with E-state index in [9.17, 15) is 4.79 Å². The van der Waals surface area contributed by atoms with E-state index in [1.54, 1.807) is 6.33 Å². The summed E-state index contributed by atoms with van der Waals surface area (Å²) in [5, 5.41) is 2.95. The van der Waals surface area contributed by atoms with E-state index >= 15 is 0 Å². The standard InChI is InChI=1S/C22H21N3O/c26-22(23-14-20-13-21(19-10-11-19)25-15-24-20)12-16-6-8-18(9-7-16)17-4-2-1-3-5-17/h1-9,13,15,19H,10-12,14H2,(H,23,26). The van der Waals surface area contributed by atoms with Crippen LogP contribution >= 0.6 is 0 Å². The van der Waals surface area contributed by atoms with Crippen molar-refractivity contribution in [3.63, 3.8) is 0 Å². The first-order chi connectivity index (χ1) is 12.8. The average Bonchev–Trinajstić information content (AvgIpc) is 3.53. The van der Waals surface area contributed by atoms with Crippen LogP contribution in [0.25, 0.3) is 11.1 Å². The molecule has 1 aliphatic rings. The molecule has 3 aromatic rings. The summed E-state index contributed by atoms with van der Waals surface area (Å²) in [5.74, 6) is 0.597. The van der Waals surface area contributed by atoms with Crippen LogP contribution in [0.15, 0.2) is 67.0 Å². The molecule has 4 rings (SSSR count). The second-order valence-corrected chi connectivity index (χ2v) is 6.72. The molecule has 1 amide bonds. The molecule has 0 bridgehead atoms. The SMILES string of the molecule is O=C(Cc1ccc(-c2ccccc2)cc1)NCc1cc(C2CC2)ncn1. The normalized spacial score (nSPS) is 13.4.